The van der Waals surface area contributed by atoms with Crippen molar-refractivity contribution in [2.75, 3.05) is 0 Å². The first-order valence-electron chi connectivity index (χ1n) is 5.85. The highest BCUT2D eigenvalue weighted by atomic mass is 32.1. The van der Waals surface area contributed by atoms with Gasteiger partial charge in [0.25, 0.3) is 0 Å². The van der Waals surface area contributed by atoms with Crippen molar-refractivity contribution in [1.82, 2.24) is 4.98 Å². The molecule has 96 valence electrons. The van der Waals surface area contributed by atoms with Crippen molar-refractivity contribution in [1.29, 1.82) is 0 Å². The molecular weight excluding hydrogens is 249 g/mol. The fourth-order valence-electron chi connectivity index (χ4n) is 1.83. The van der Waals surface area contributed by atoms with Gasteiger partial charge in [-0.1, -0.05) is 18.2 Å². The molecule has 0 aliphatic heterocycles. The molecule has 0 saturated carbocycles. The van der Waals surface area contributed by atoms with E-state index in [0.717, 1.165) is 15.6 Å². The van der Waals surface area contributed by atoms with E-state index < -0.39 is 6.10 Å². The fourth-order valence-corrected chi connectivity index (χ4v) is 2.80. The molecule has 1 unspecified atom stereocenters. The van der Waals surface area contributed by atoms with Gasteiger partial charge in [-0.15, -0.1) is 11.3 Å². The Morgan fingerprint density at radius 3 is 2.67 bits per heavy atom. The number of aromatic nitrogens is 1. The summed E-state index contributed by atoms with van der Waals surface area (Å²) in [4.78, 5) is 5.50. The summed E-state index contributed by atoms with van der Waals surface area (Å²) >= 11 is 1.55. The van der Waals surface area contributed by atoms with Crippen LogP contribution in [0.1, 0.15) is 32.8 Å². The maximum atomic E-state index is 13.9. The summed E-state index contributed by atoms with van der Waals surface area (Å²) in [5, 5.41) is 11.0. The minimum absolute atomic E-state index is 0.324. The Morgan fingerprint density at radius 2 is 2.06 bits per heavy atom. The largest absolute Gasteiger partial charge is 0.388 e. The normalized spacial score (nSPS) is 12.7. The van der Waals surface area contributed by atoms with Crippen molar-refractivity contribution >= 4 is 11.3 Å². The van der Waals surface area contributed by atoms with Crippen LogP contribution in [0, 0.1) is 26.6 Å². The number of aryl methyl sites for hydroxylation is 3. The molecule has 2 nitrogen and oxygen atoms in total. The summed E-state index contributed by atoms with van der Waals surface area (Å²) in [7, 11) is 0. The molecule has 0 fully saturated rings. The fraction of sp³-hybridized carbons (Fsp3) is 0.357. The number of benzene rings is 1. The number of thiazole rings is 1. The van der Waals surface area contributed by atoms with E-state index in [-0.39, 0.29) is 5.82 Å². The summed E-state index contributed by atoms with van der Waals surface area (Å²) in [6.45, 7) is 5.63. The van der Waals surface area contributed by atoms with E-state index in [4.69, 9.17) is 0 Å². The third-order valence-electron chi connectivity index (χ3n) is 3.02. The Kier molecular flexibility index (Phi) is 3.78. The standard InChI is InChI=1S/C14H16FNOS/c1-8-5-4-6-11(14(8)15)12(17)7-13-16-9(2)10(3)18-13/h4-6,12,17H,7H2,1-3H3. The third-order valence-corrected chi connectivity index (χ3v) is 4.12. The second-order valence-corrected chi connectivity index (χ2v) is 5.73. The van der Waals surface area contributed by atoms with E-state index >= 15 is 0 Å². The Hall–Kier alpha value is -1.26. The molecule has 0 spiro atoms. The molecule has 4 heteroatoms. The number of hydrogen-bond acceptors (Lipinski definition) is 3. The highest BCUT2D eigenvalue weighted by Crippen LogP contribution is 2.25. The number of aliphatic hydroxyl groups is 1. The van der Waals surface area contributed by atoms with Gasteiger partial charge >= 0.3 is 0 Å². The van der Waals surface area contributed by atoms with E-state index in [9.17, 15) is 9.50 Å². The molecule has 0 bridgehead atoms. The zero-order chi connectivity index (χ0) is 13.3. The molecule has 1 atom stereocenters. The first-order chi connectivity index (χ1) is 8.49. The SMILES string of the molecule is Cc1cccc(C(O)Cc2nc(C)c(C)s2)c1F. The smallest absolute Gasteiger partial charge is 0.131 e. The van der Waals surface area contributed by atoms with Crippen LogP contribution >= 0.6 is 11.3 Å². The molecule has 1 N–H and O–H groups in total. The van der Waals surface area contributed by atoms with Crippen molar-refractivity contribution in [3.05, 3.63) is 50.7 Å². The van der Waals surface area contributed by atoms with Crippen LogP contribution in [0.3, 0.4) is 0 Å². The second-order valence-electron chi connectivity index (χ2n) is 4.45. The van der Waals surface area contributed by atoms with Crippen LogP contribution < -0.4 is 0 Å². The van der Waals surface area contributed by atoms with Gasteiger partial charge in [0.05, 0.1) is 16.8 Å². The molecule has 0 aliphatic rings. The zero-order valence-electron chi connectivity index (χ0n) is 10.7. The van der Waals surface area contributed by atoms with Gasteiger partial charge in [-0.2, -0.15) is 0 Å². The molecule has 0 aliphatic carbocycles. The number of aliphatic hydroxyl groups excluding tert-OH is 1. The molecular formula is C14H16FNOS. The van der Waals surface area contributed by atoms with Crippen LogP contribution in [0.15, 0.2) is 18.2 Å². The third kappa shape index (κ3) is 2.60. The van der Waals surface area contributed by atoms with Crippen LogP contribution in [-0.2, 0) is 6.42 Å². The van der Waals surface area contributed by atoms with Gasteiger partial charge in [-0.3, -0.25) is 0 Å². The van der Waals surface area contributed by atoms with Crippen LogP contribution in [0.25, 0.3) is 0 Å². The van der Waals surface area contributed by atoms with Crippen molar-refractivity contribution in [2.45, 2.75) is 33.3 Å². The lowest BCUT2D eigenvalue weighted by molar-refractivity contribution is 0.173. The number of hydrogen-bond donors (Lipinski definition) is 1. The predicted octanol–water partition coefficient (Wildman–Crippen LogP) is 3.48. The molecule has 1 aromatic heterocycles. The summed E-state index contributed by atoms with van der Waals surface area (Å²) in [5.41, 5.74) is 1.88. The van der Waals surface area contributed by atoms with Gasteiger partial charge in [-0.25, -0.2) is 9.37 Å². The van der Waals surface area contributed by atoms with Crippen LogP contribution in [0.4, 0.5) is 4.39 Å². The quantitative estimate of drug-likeness (QED) is 0.921. The van der Waals surface area contributed by atoms with E-state index in [2.05, 4.69) is 4.98 Å². The zero-order valence-corrected chi connectivity index (χ0v) is 11.5. The maximum absolute atomic E-state index is 13.9. The van der Waals surface area contributed by atoms with Crippen molar-refractivity contribution in [2.24, 2.45) is 0 Å². The Balaban J connectivity index is 2.21. The van der Waals surface area contributed by atoms with Crippen LogP contribution in [-0.4, -0.2) is 10.1 Å². The number of rotatable bonds is 3. The average Bonchev–Trinajstić information content (AvgIpc) is 2.61. The monoisotopic (exact) mass is 265 g/mol. The molecule has 1 aromatic carbocycles. The summed E-state index contributed by atoms with van der Waals surface area (Å²) in [6.07, 6.45) is -0.477. The first-order valence-corrected chi connectivity index (χ1v) is 6.66. The second kappa shape index (κ2) is 5.16. The van der Waals surface area contributed by atoms with E-state index in [1.165, 1.54) is 0 Å². The van der Waals surface area contributed by atoms with Crippen LogP contribution in [0.2, 0.25) is 0 Å². The van der Waals surface area contributed by atoms with Crippen molar-refractivity contribution in [3.63, 3.8) is 0 Å². The molecule has 1 heterocycles. The highest BCUT2D eigenvalue weighted by Gasteiger charge is 2.16. The molecule has 0 radical (unpaired) electrons. The summed E-state index contributed by atoms with van der Waals surface area (Å²) in [6, 6.07) is 5.08. The lowest BCUT2D eigenvalue weighted by Gasteiger charge is -2.11. The topological polar surface area (TPSA) is 33.1 Å². The molecule has 2 aromatic rings. The minimum atomic E-state index is -0.838. The van der Waals surface area contributed by atoms with Crippen LogP contribution in [0.5, 0.6) is 0 Å². The van der Waals surface area contributed by atoms with Crippen molar-refractivity contribution < 1.29 is 9.50 Å². The van der Waals surface area contributed by atoms with Gasteiger partial charge in [-0.05, 0) is 26.3 Å². The Bertz CT molecular complexity index is 545. The first kappa shape index (κ1) is 13.2. The lowest BCUT2D eigenvalue weighted by Crippen LogP contribution is -2.05. The lowest BCUT2D eigenvalue weighted by atomic mass is 10.0. The highest BCUT2D eigenvalue weighted by molar-refractivity contribution is 7.11. The van der Waals surface area contributed by atoms with E-state index in [1.807, 2.05) is 13.8 Å². The van der Waals surface area contributed by atoms with Gasteiger partial charge in [0.1, 0.15) is 5.82 Å². The van der Waals surface area contributed by atoms with Gasteiger partial charge in [0, 0.05) is 16.9 Å². The number of nitrogens with zero attached hydrogens (tertiary/aromatic N) is 1. The van der Waals surface area contributed by atoms with Gasteiger partial charge in [0.15, 0.2) is 0 Å². The Morgan fingerprint density at radius 1 is 1.33 bits per heavy atom. The average molecular weight is 265 g/mol. The van der Waals surface area contributed by atoms with Gasteiger partial charge in [0.2, 0.25) is 0 Å². The van der Waals surface area contributed by atoms with Crippen molar-refractivity contribution in [3.8, 4) is 0 Å². The van der Waals surface area contributed by atoms with Gasteiger partial charge < -0.3 is 5.11 Å². The minimum Gasteiger partial charge on any atom is -0.388 e. The summed E-state index contributed by atoms with van der Waals surface area (Å²) in [5.74, 6) is -0.324. The molecule has 2 rings (SSSR count). The molecule has 0 amide bonds. The number of halogens is 1. The predicted molar refractivity (Wildman–Crippen MR) is 71.4 cm³/mol. The Labute approximate surface area is 110 Å². The molecule has 18 heavy (non-hydrogen) atoms. The van der Waals surface area contributed by atoms with E-state index in [1.54, 1.807) is 36.5 Å². The van der Waals surface area contributed by atoms with E-state index in [0.29, 0.717) is 17.5 Å². The maximum Gasteiger partial charge on any atom is 0.131 e. The molecule has 0 saturated heterocycles. The summed E-state index contributed by atoms with van der Waals surface area (Å²) < 4.78 is 13.9.